The van der Waals surface area contributed by atoms with Crippen molar-refractivity contribution in [3.8, 4) is 0 Å². The minimum absolute atomic E-state index is 0.114. The maximum absolute atomic E-state index is 12.0. The standard InChI is InChI=1S/C12H11ClN4O/c1-7-10(3-2-4-15-7)17-12(18)9-5-8(14)6-16-11(9)13/h2-6H,14H2,1H3,(H,17,18). The van der Waals surface area contributed by atoms with Gasteiger partial charge in [0, 0.05) is 6.20 Å². The maximum Gasteiger partial charge on any atom is 0.258 e. The molecule has 1 amide bonds. The molecular formula is C12H11ClN4O. The number of hydrogen-bond acceptors (Lipinski definition) is 4. The normalized spacial score (nSPS) is 10.1. The van der Waals surface area contributed by atoms with Gasteiger partial charge in [-0.05, 0) is 25.1 Å². The van der Waals surface area contributed by atoms with E-state index in [2.05, 4.69) is 15.3 Å². The lowest BCUT2D eigenvalue weighted by atomic mass is 10.2. The third kappa shape index (κ3) is 2.57. The number of nitrogens with one attached hydrogen (secondary N) is 1. The van der Waals surface area contributed by atoms with Gasteiger partial charge in [-0.3, -0.25) is 9.78 Å². The van der Waals surface area contributed by atoms with Crippen molar-refractivity contribution in [1.82, 2.24) is 9.97 Å². The Morgan fingerprint density at radius 3 is 2.94 bits per heavy atom. The van der Waals surface area contributed by atoms with E-state index in [4.69, 9.17) is 17.3 Å². The lowest BCUT2D eigenvalue weighted by molar-refractivity contribution is 0.102. The van der Waals surface area contributed by atoms with E-state index in [1.54, 1.807) is 25.3 Å². The number of pyridine rings is 2. The van der Waals surface area contributed by atoms with E-state index in [0.717, 1.165) is 5.69 Å². The first-order valence-electron chi connectivity index (χ1n) is 5.22. The molecule has 92 valence electrons. The molecule has 0 aliphatic carbocycles. The molecule has 0 aliphatic heterocycles. The highest BCUT2D eigenvalue weighted by atomic mass is 35.5. The summed E-state index contributed by atoms with van der Waals surface area (Å²) in [5.41, 5.74) is 7.54. The lowest BCUT2D eigenvalue weighted by Crippen LogP contribution is -2.14. The fourth-order valence-corrected chi connectivity index (χ4v) is 1.62. The number of nitrogens with zero attached hydrogens (tertiary/aromatic N) is 2. The maximum atomic E-state index is 12.0. The molecule has 2 heterocycles. The van der Waals surface area contributed by atoms with Gasteiger partial charge in [0.05, 0.1) is 28.8 Å². The Morgan fingerprint density at radius 1 is 1.44 bits per heavy atom. The number of anilines is 2. The minimum Gasteiger partial charge on any atom is -0.397 e. The van der Waals surface area contributed by atoms with E-state index in [-0.39, 0.29) is 16.6 Å². The molecule has 18 heavy (non-hydrogen) atoms. The molecule has 5 nitrogen and oxygen atoms in total. The van der Waals surface area contributed by atoms with Crippen LogP contribution in [-0.2, 0) is 0 Å². The molecule has 0 aliphatic rings. The summed E-state index contributed by atoms with van der Waals surface area (Å²) >= 11 is 5.85. The van der Waals surface area contributed by atoms with Crippen molar-refractivity contribution in [2.24, 2.45) is 0 Å². The van der Waals surface area contributed by atoms with Crippen molar-refractivity contribution in [3.63, 3.8) is 0 Å². The van der Waals surface area contributed by atoms with Crippen molar-refractivity contribution in [3.05, 3.63) is 47.0 Å². The zero-order chi connectivity index (χ0) is 13.1. The van der Waals surface area contributed by atoms with Crippen LogP contribution in [0.4, 0.5) is 11.4 Å². The summed E-state index contributed by atoms with van der Waals surface area (Å²) < 4.78 is 0. The fourth-order valence-electron chi connectivity index (χ4n) is 1.43. The lowest BCUT2D eigenvalue weighted by Gasteiger charge is -2.08. The molecule has 6 heteroatoms. The van der Waals surface area contributed by atoms with E-state index < -0.39 is 0 Å². The molecule has 2 aromatic rings. The van der Waals surface area contributed by atoms with Gasteiger partial charge in [0.15, 0.2) is 0 Å². The van der Waals surface area contributed by atoms with Crippen LogP contribution in [0.3, 0.4) is 0 Å². The zero-order valence-electron chi connectivity index (χ0n) is 9.64. The van der Waals surface area contributed by atoms with Gasteiger partial charge >= 0.3 is 0 Å². The van der Waals surface area contributed by atoms with Gasteiger partial charge in [-0.15, -0.1) is 0 Å². The van der Waals surface area contributed by atoms with Gasteiger partial charge in [0.25, 0.3) is 5.91 Å². The zero-order valence-corrected chi connectivity index (χ0v) is 10.4. The summed E-state index contributed by atoms with van der Waals surface area (Å²) in [6, 6.07) is 4.98. The molecule has 2 aromatic heterocycles. The van der Waals surface area contributed by atoms with Gasteiger partial charge in [-0.25, -0.2) is 4.98 Å². The molecule has 0 atom stereocenters. The number of nitrogen functional groups attached to an aromatic ring is 1. The summed E-state index contributed by atoms with van der Waals surface area (Å²) in [4.78, 5) is 19.9. The first-order valence-corrected chi connectivity index (χ1v) is 5.59. The van der Waals surface area contributed by atoms with Crippen LogP contribution in [0, 0.1) is 6.92 Å². The second-order valence-electron chi connectivity index (χ2n) is 3.70. The number of amides is 1. The van der Waals surface area contributed by atoms with Crippen molar-refractivity contribution in [1.29, 1.82) is 0 Å². The van der Waals surface area contributed by atoms with Gasteiger partial charge in [-0.2, -0.15) is 0 Å². The van der Waals surface area contributed by atoms with E-state index in [0.29, 0.717) is 11.4 Å². The summed E-state index contributed by atoms with van der Waals surface area (Å²) in [6.45, 7) is 1.80. The smallest absolute Gasteiger partial charge is 0.258 e. The van der Waals surface area contributed by atoms with Crippen LogP contribution >= 0.6 is 11.6 Å². The molecular weight excluding hydrogens is 252 g/mol. The average molecular weight is 263 g/mol. The monoisotopic (exact) mass is 262 g/mol. The summed E-state index contributed by atoms with van der Waals surface area (Å²) in [5.74, 6) is -0.365. The predicted molar refractivity (Wildman–Crippen MR) is 70.6 cm³/mol. The van der Waals surface area contributed by atoms with Crippen LogP contribution in [0.5, 0.6) is 0 Å². The van der Waals surface area contributed by atoms with Gasteiger partial charge in [0.2, 0.25) is 0 Å². The Morgan fingerprint density at radius 2 is 2.22 bits per heavy atom. The van der Waals surface area contributed by atoms with Crippen molar-refractivity contribution in [2.75, 3.05) is 11.1 Å². The Kier molecular flexibility index (Phi) is 3.43. The summed E-state index contributed by atoms with van der Waals surface area (Å²) in [7, 11) is 0. The Labute approximate surface area is 109 Å². The van der Waals surface area contributed by atoms with Crippen molar-refractivity contribution < 1.29 is 4.79 Å². The van der Waals surface area contributed by atoms with Crippen LogP contribution in [-0.4, -0.2) is 15.9 Å². The number of aryl methyl sites for hydroxylation is 1. The first-order chi connectivity index (χ1) is 8.58. The van der Waals surface area contributed by atoms with Crippen LogP contribution in [0.1, 0.15) is 16.1 Å². The third-order valence-electron chi connectivity index (χ3n) is 2.36. The largest absolute Gasteiger partial charge is 0.397 e. The van der Waals surface area contributed by atoms with Crippen molar-refractivity contribution in [2.45, 2.75) is 6.92 Å². The quantitative estimate of drug-likeness (QED) is 0.814. The van der Waals surface area contributed by atoms with Crippen LogP contribution < -0.4 is 11.1 Å². The summed E-state index contributed by atoms with van der Waals surface area (Å²) in [6.07, 6.45) is 3.05. The van der Waals surface area contributed by atoms with Gasteiger partial charge in [-0.1, -0.05) is 11.6 Å². The molecule has 0 bridgehead atoms. The molecule has 2 rings (SSSR count). The average Bonchev–Trinajstić information content (AvgIpc) is 2.35. The Hall–Kier alpha value is -2.14. The molecule has 0 fully saturated rings. The van der Waals surface area contributed by atoms with E-state index >= 15 is 0 Å². The molecule has 0 unspecified atom stereocenters. The SMILES string of the molecule is Cc1ncccc1NC(=O)c1cc(N)cnc1Cl. The first kappa shape index (κ1) is 12.3. The highest BCUT2D eigenvalue weighted by Crippen LogP contribution is 2.18. The number of carbonyl (C=O) groups excluding carboxylic acids is 1. The molecule has 3 N–H and O–H groups in total. The Bertz CT molecular complexity index is 600. The molecule has 0 aromatic carbocycles. The molecule has 0 radical (unpaired) electrons. The second-order valence-corrected chi connectivity index (χ2v) is 4.06. The molecule has 0 saturated heterocycles. The number of carbonyl (C=O) groups is 1. The number of rotatable bonds is 2. The third-order valence-corrected chi connectivity index (χ3v) is 2.66. The minimum atomic E-state index is -0.365. The van der Waals surface area contributed by atoms with E-state index in [1.165, 1.54) is 12.3 Å². The van der Waals surface area contributed by atoms with Crippen molar-refractivity contribution >= 4 is 28.9 Å². The van der Waals surface area contributed by atoms with Gasteiger partial charge in [0.1, 0.15) is 5.15 Å². The molecule has 0 spiro atoms. The fraction of sp³-hybridized carbons (Fsp3) is 0.0833. The second kappa shape index (κ2) is 5.01. The number of hydrogen-bond donors (Lipinski definition) is 2. The molecule has 0 saturated carbocycles. The number of halogens is 1. The van der Waals surface area contributed by atoms with E-state index in [1.807, 2.05) is 0 Å². The highest BCUT2D eigenvalue weighted by Gasteiger charge is 2.13. The topological polar surface area (TPSA) is 80.9 Å². The summed E-state index contributed by atoms with van der Waals surface area (Å²) in [5, 5.41) is 2.83. The van der Waals surface area contributed by atoms with Crippen LogP contribution in [0.25, 0.3) is 0 Å². The Balaban J connectivity index is 2.28. The predicted octanol–water partition coefficient (Wildman–Crippen LogP) is 2.27. The van der Waals surface area contributed by atoms with E-state index in [9.17, 15) is 4.79 Å². The van der Waals surface area contributed by atoms with Crippen LogP contribution in [0.2, 0.25) is 5.15 Å². The van der Waals surface area contributed by atoms with Gasteiger partial charge < -0.3 is 11.1 Å². The highest BCUT2D eigenvalue weighted by molar-refractivity contribution is 6.33. The number of nitrogens with two attached hydrogens (primary N) is 1. The number of aromatic nitrogens is 2. The van der Waals surface area contributed by atoms with Crippen LogP contribution in [0.15, 0.2) is 30.6 Å².